The van der Waals surface area contributed by atoms with Crippen molar-refractivity contribution < 1.29 is 5.11 Å². The minimum Gasteiger partial charge on any atom is -0.510 e. The molecule has 0 atom stereocenters. The summed E-state index contributed by atoms with van der Waals surface area (Å²) in [7, 11) is 0. The van der Waals surface area contributed by atoms with E-state index in [1.54, 1.807) is 15.9 Å². The Bertz CT molecular complexity index is 1760. The van der Waals surface area contributed by atoms with Crippen LogP contribution in [0.5, 0.6) is 0 Å². The maximum atomic E-state index is 13.9. The molecule has 0 saturated carbocycles. The van der Waals surface area contributed by atoms with Crippen molar-refractivity contribution in [1.29, 1.82) is 5.26 Å². The Labute approximate surface area is 219 Å². The maximum Gasteiger partial charge on any atom is 0.267 e. The lowest BCUT2D eigenvalue weighted by atomic mass is 10.2. The number of benzene rings is 2. The molecule has 5 aromatic rings. The van der Waals surface area contributed by atoms with Crippen LogP contribution in [0.15, 0.2) is 64.2 Å². The summed E-state index contributed by atoms with van der Waals surface area (Å²) in [6, 6.07) is 17.5. The number of thioether (sulfide) groups is 1. The molecule has 0 aliphatic heterocycles. The molecule has 0 radical (unpaired) electrons. The number of aromatic nitrogens is 3. The van der Waals surface area contributed by atoms with Gasteiger partial charge in [0.1, 0.15) is 27.2 Å². The summed E-state index contributed by atoms with van der Waals surface area (Å²) >= 11 is 4.21. The predicted octanol–water partition coefficient (Wildman–Crippen LogP) is 6.44. The lowest BCUT2D eigenvalue weighted by Gasteiger charge is -2.14. The first-order valence-corrected chi connectivity index (χ1v) is 14.1. The molecule has 1 aliphatic carbocycles. The highest BCUT2D eigenvalue weighted by molar-refractivity contribution is 7.99. The average molecular weight is 529 g/mol. The van der Waals surface area contributed by atoms with E-state index in [-0.39, 0.29) is 22.6 Å². The minimum absolute atomic E-state index is 0.0775. The predicted molar refractivity (Wildman–Crippen MR) is 147 cm³/mol. The van der Waals surface area contributed by atoms with E-state index in [4.69, 9.17) is 4.98 Å². The molecule has 6 rings (SSSR count). The van der Waals surface area contributed by atoms with Gasteiger partial charge in [0.2, 0.25) is 0 Å². The van der Waals surface area contributed by atoms with Crippen molar-refractivity contribution in [2.45, 2.75) is 31.3 Å². The molecule has 3 aromatic heterocycles. The fourth-order valence-electron chi connectivity index (χ4n) is 4.57. The number of nitriles is 1. The number of fused-ring (bicyclic) bond motifs is 4. The zero-order chi connectivity index (χ0) is 24.8. The minimum atomic E-state index is -0.0825. The van der Waals surface area contributed by atoms with Gasteiger partial charge in [0.05, 0.1) is 27.0 Å². The second kappa shape index (κ2) is 9.21. The fraction of sp³-hybridized carbons (Fsp3) is 0.185. The Balaban J connectivity index is 1.44. The molecule has 0 spiro atoms. The Hall–Kier alpha value is -3.45. The normalized spacial score (nSPS) is 13.7. The molecule has 3 heterocycles. The molecule has 0 bridgehead atoms. The number of nitrogens with zero attached hydrogens (tertiary/aromatic N) is 4. The smallest absolute Gasteiger partial charge is 0.267 e. The molecule has 1 N–H and O–H groups in total. The van der Waals surface area contributed by atoms with E-state index in [0.717, 1.165) is 51.1 Å². The first kappa shape index (κ1) is 23.0. The summed E-state index contributed by atoms with van der Waals surface area (Å²) in [6.07, 6.45) is 2.96. The van der Waals surface area contributed by atoms with Crippen LogP contribution in [0.25, 0.3) is 31.7 Å². The zero-order valence-corrected chi connectivity index (χ0v) is 21.8. The van der Waals surface area contributed by atoms with Crippen LogP contribution in [0, 0.1) is 18.3 Å². The molecule has 36 heavy (non-hydrogen) atoms. The number of thiazole rings is 1. The van der Waals surface area contributed by atoms with Crippen LogP contribution in [0.2, 0.25) is 0 Å². The number of aryl methyl sites for hydroxylation is 3. The number of aliphatic hydroxyl groups excluding tert-OH is 1. The number of thiophene rings is 1. The van der Waals surface area contributed by atoms with Crippen LogP contribution in [0.4, 0.5) is 0 Å². The highest BCUT2D eigenvalue weighted by Gasteiger charge is 2.25. The molecular weight excluding hydrogens is 509 g/mol. The van der Waals surface area contributed by atoms with E-state index in [0.29, 0.717) is 15.6 Å². The largest absolute Gasteiger partial charge is 0.510 e. The van der Waals surface area contributed by atoms with Crippen LogP contribution in [0.3, 0.4) is 0 Å². The van der Waals surface area contributed by atoms with Crippen molar-refractivity contribution in [2.24, 2.45) is 0 Å². The van der Waals surface area contributed by atoms with Gasteiger partial charge in [-0.1, -0.05) is 42.1 Å². The summed E-state index contributed by atoms with van der Waals surface area (Å²) in [5.41, 5.74) is 3.72. The number of allylic oxidation sites excluding steroid dienone is 1. The van der Waals surface area contributed by atoms with Crippen molar-refractivity contribution >= 4 is 60.4 Å². The van der Waals surface area contributed by atoms with Gasteiger partial charge in [-0.15, -0.1) is 22.7 Å². The van der Waals surface area contributed by atoms with Crippen molar-refractivity contribution in [2.75, 3.05) is 5.75 Å². The number of aliphatic hydroxyl groups is 1. The second-order valence-electron chi connectivity index (χ2n) is 8.57. The molecular formula is C27H20N4O2S3. The Morgan fingerprint density at radius 1 is 1.14 bits per heavy atom. The van der Waals surface area contributed by atoms with E-state index in [9.17, 15) is 15.2 Å². The summed E-state index contributed by atoms with van der Waals surface area (Å²) in [5.74, 6) is 0.00852. The lowest BCUT2D eigenvalue weighted by molar-refractivity contribution is 0.420. The lowest BCUT2D eigenvalue weighted by Crippen LogP contribution is -2.22. The Kier molecular flexibility index (Phi) is 5.88. The van der Waals surface area contributed by atoms with Gasteiger partial charge in [-0.3, -0.25) is 9.36 Å². The van der Waals surface area contributed by atoms with Gasteiger partial charge in [-0.05, 0) is 55.5 Å². The average Bonchev–Trinajstić information content (AvgIpc) is 3.58. The third kappa shape index (κ3) is 3.82. The SMILES string of the molecule is Cc1ccccc1-n1c(SC/C(O)=C(/C#N)c2nc3ccccc3s2)nc2sc3c(c2c1=O)CCC3. The molecule has 0 saturated heterocycles. The highest BCUT2D eigenvalue weighted by Crippen LogP contribution is 2.37. The second-order valence-corrected chi connectivity index (χ2v) is 11.6. The molecule has 0 fully saturated rings. The summed E-state index contributed by atoms with van der Waals surface area (Å²) in [6.45, 7) is 1.97. The first-order valence-electron chi connectivity index (χ1n) is 11.5. The quantitative estimate of drug-likeness (QED) is 0.122. The van der Waals surface area contributed by atoms with E-state index in [1.807, 2.05) is 55.5 Å². The molecule has 1 aliphatic rings. The van der Waals surface area contributed by atoms with Crippen LogP contribution >= 0.6 is 34.4 Å². The summed E-state index contributed by atoms with van der Waals surface area (Å²) < 4.78 is 2.61. The van der Waals surface area contributed by atoms with Crippen LogP contribution in [0.1, 0.15) is 27.4 Å². The van der Waals surface area contributed by atoms with Crippen molar-refractivity contribution in [3.63, 3.8) is 0 Å². The van der Waals surface area contributed by atoms with E-state index in [1.165, 1.54) is 28.0 Å². The summed E-state index contributed by atoms with van der Waals surface area (Å²) in [5, 5.41) is 22.4. The summed E-state index contributed by atoms with van der Waals surface area (Å²) in [4.78, 5) is 25.3. The third-order valence-electron chi connectivity index (χ3n) is 6.31. The van der Waals surface area contributed by atoms with Crippen molar-refractivity contribution in [3.05, 3.63) is 85.7 Å². The molecule has 6 nitrogen and oxygen atoms in total. The zero-order valence-electron chi connectivity index (χ0n) is 19.3. The van der Waals surface area contributed by atoms with Crippen molar-refractivity contribution in [3.8, 4) is 11.8 Å². The molecule has 0 unspecified atom stereocenters. The van der Waals surface area contributed by atoms with Crippen LogP contribution in [-0.2, 0) is 12.8 Å². The van der Waals surface area contributed by atoms with Crippen molar-refractivity contribution in [1.82, 2.24) is 14.5 Å². The van der Waals surface area contributed by atoms with Gasteiger partial charge < -0.3 is 5.11 Å². The van der Waals surface area contributed by atoms with Crippen LogP contribution in [-0.4, -0.2) is 25.4 Å². The van der Waals surface area contributed by atoms with Gasteiger partial charge >= 0.3 is 0 Å². The van der Waals surface area contributed by atoms with Gasteiger partial charge in [-0.2, -0.15) is 5.26 Å². The Morgan fingerprint density at radius 2 is 1.94 bits per heavy atom. The monoisotopic (exact) mass is 528 g/mol. The fourth-order valence-corrected chi connectivity index (χ4v) is 7.74. The first-order chi connectivity index (χ1) is 17.5. The maximum absolute atomic E-state index is 13.9. The van der Waals surface area contributed by atoms with Gasteiger partial charge in [0, 0.05) is 4.88 Å². The van der Waals surface area contributed by atoms with E-state index in [2.05, 4.69) is 11.1 Å². The third-order valence-corrected chi connectivity index (χ3v) is 9.50. The molecule has 0 amide bonds. The highest BCUT2D eigenvalue weighted by atomic mass is 32.2. The van der Waals surface area contributed by atoms with E-state index < -0.39 is 0 Å². The number of hydrogen-bond acceptors (Lipinski definition) is 8. The van der Waals surface area contributed by atoms with E-state index >= 15 is 0 Å². The topological polar surface area (TPSA) is 91.8 Å². The molecule has 2 aromatic carbocycles. The number of hydrogen-bond donors (Lipinski definition) is 1. The molecule has 178 valence electrons. The van der Waals surface area contributed by atoms with Gasteiger partial charge in [0.15, 0.2) is 5.16 Å². The number of rotatable bonds is 5. The van der Waals surface area contributed by atoms with Gasteiger partial charge in [-0.25, -0.2) is 9.97 Å². The standard InChI is InChI=1S/C27H20N4O2S3/c1-15-7-2-4-10-19(15)31-26(33)23-16-8-6-12-21(16)35-25(23)30-27(31)34-14-20(32)17(13-28)24-29-18-9-3-5-11-22(18)36-24/h2-5,7,9-11,32H,6,8,12,14H2,1H3/b20-17+. The molecule has 9 heteroatoms. The van der Waals surface area contributed by atoms with Gasteiger partial charge in [0.25, 0.3) is 5.56 Å². The Morgan fingerprint density at radius 3 is 2.75 bits per heavy atom. The number of para-hydroxylation sites is 2. The van der Waals surface area contributed by atoms with Crippen LogP contribution < -0.4 is 5.56 Å².